The van der Waals surface area contributed by atoms with Gasteiger partial charge in [-0.15, -0.1) is 0 Å². The number of thiocarbonyl (C=S) groups is 1. The summed E-state index contributed by atoms with van der Waals surface area (Å²) in [6.07, 6.45) is 0. The number of amides is 1. The molecule has 1 amide bonds. The van der Waals surface area contributed by atoms with E-state index < -0.39 is 0 Å². The van der Waals surface area contributed by atoms with Gasteiger partial charge in [-0.25, -0.2) is 0 Å². The number of hydrogen-bond acceptors (Lipinski definition) is 3. The molecule has 0 heterocycles. The summed E-state index contributed by atoms with van der Waals surface area (Å²) in [6, 6.07) is 14.1. The van der Waals surface area contributed by atoms with E-state index >= 15 is 0 Å². The van der Waals surface area contributed by atoms with Crippen LogP contribution in [0.15, 0.2) is 53.0 Å². The van der Waals surface area contributed by atoms with E-state index in [0.29, 0.717) is 11.3 Å². The van der Waals surface area contributed by atoms with E-state index in [0.717, 1.165) is 10.2 Å². The number of hydrogen-bond donors (Lipinski definition) is 3. The van der Waals surface area contributed by atoms with E-state index in [2.05, 4.69) is 26.6 Å². The summed E-state index contributed by atoms with van der Waals surface area (Å²) in [4.78, 5) is 11.9. The molecule has 102 valence electrons. The quantitative estimate of drug-likeness (QED) is 0.575. The third kappa shape index (κ3) is 4.04. The highest BCUT2D eigenvalue weighted by molar-refractivity contribution is 9.10. The van der Waals surface area contributed by atoms with Crippen molar-refractivity contribution in [3.8, 4) is 0 Å². The average molecular weight is 350 g/mol. The standard InChI is InChI=1S/C14H12BrN3OS/c15-10-3-1-9(2-4-10)13(19)18-14(20)17-12-7-5-11(16)6-8-12/h1-8H,16H2,(H2,17,18,19,20). The van der Waals surface area contributed by atoms with Crippen LogP contribution in [0.1, 0.15) is 10.4 Å². The highest BCUT2D eigenvalue weighted by atomic mass is 79.9. The highest BCUT2D eigenvalue weighted by Crippen LogP contribution is 2.11. The Bertz CT molecular complexity index is 626. The predicted octanol–water partition coefficient (Wildman–Crippen LogP) is 3.16. The number of rotatable bonds is 2. The molecule has 2 rings (SSSR count). The summed E-state index contributed by atoms with van der Waals surface area (Å²) < 4.78 is 0.914. The summed E-state index contributed by atoms with van der Waals surface area (Å²) >= 11 is 8.40. The van der Waals surface area contributed by atoms with Gasteiger partial charge in [0.05, 0.1) is 0 Å². The molecule has 0 fully saturated rings. The maximum atomic E-state index is 11.9. The predicted molar refractivity (Wildman–Crippen MR) is 88.7 cm³/mol. The van der Waals surface area contributed by atoms with Gasteiger partial charge in [0, 0.05) is 21.4 Å². The molecule has 0 unspecified atom stereocenters. The Balaban J connectivity index is 1.95. The van der Waals surface area contributed by atoms with Gasteiger partial charge in [-0.2, -0.15) is 0 Å². The Morgan fingerprint density at radius 1 is 1.05 bits per heavy atom. The zero-order valence-corrected chi connectivity index (χ0v) is 12.8. The minimum Gasteiger partial charge on any atom is -0.399 e. The van der Waals surface area contributed by atoms with Crippen molar-refractivity contribution in [1.29, 1.82) is 0 Å². The Kier molecular flexibility index (Phi) is 4.70. The first kappa shape index (κ1) is 14.5. The molecule has 4 nitrogen and oxygen atoms in total. The van der Waals surface area contributed by atoms with Gasteiger partial charge < -0.3 is 11.1 Å². The van der Waals surface area contributed by atoms with Gasteiger partial charge in [-0.1, -0.05) is 15.9 Å². The Morgan fingerprint density at radius 2 is 1.65 bits per heavy atom. The van der Waals surface area contributed by atoms with Crippen LogP contribution in [0.5, 0.6) is 0 Å². The molecule has 0 aliphatic heterocycles. The van der Waals surface area contributed by atoms with E-state index in [1.54, 1.807) is 48.5 Å². The number of carbonyl (C=O) groups is 1. The molecule has 0 aromatic heterocycles. The van der Waals surface area contributed by atoms with Crippen LogP contribution in [0.4, 0.5) is 11.4 Å². The Morgan fingerprint density at radius 3 is 2.25 bits per heavy atom. The number of benzene rings is 2. The fourth-order valence-electron chi connectivity index (χ4n) is 1.51. The third-order valence-corrected chi connectivity index (χ3v) is 3.23. The van der Waals surface area contributed by atoms with Crippen molar-refractivity contribution in [2.45, 2.75) is 0 Å². The lowest BCUT2D eigenvalue weighted by molar-refractivity contribution is 0.0977. The topological polar surface area (TPSA) is 67.2 Å². The van der Waals surface area contributed by atoms with E-state index in [9.17, 15) is 4.79 Å². The largest absolute Gasteiger partial charge is 0.399 e. The molecular weight excluding hydrogens is 338 g/mol. The summed E-state index contributed by atoms with van der Waals surface area (Å²) in [7, 11) is 0. The second kappa shape index (κ2) is 6.49. The molecule has 0 saturated heterocycles. The van der Waals surface area contributed by atoms with Crippen molar-refractivity contribution in [3.05, 3.63) is 58.6 Å². The molecule has 20 heavy (non-hydrogen) atoms. The van der Waals surface area contributed by atoms with E-state index in [-0.39, 0.29) is 11.0 Å². The summed E-state index contributed by atoms with van der Waals surface area (Å²) in [5, 5.41) is 5.77. The zero-order chi connectivity index (χ0) is 14.5. The van der Waals surface area contributed by atoms with Crippen molar-refractivity contribution in [2.75, 3.05) is 11.1 Å². The number of nitrogens with one attached hydrogen (secondary N) is 2. The molecule has 0 saturated carbocycles. The second-order valence-electron chi connectivity index (χ2n) is 4.04. The van der Waals surface area contributed by atoms with Crippen molar-refractivity contribution in [1.82, 2.24) is 5.32 Å². The van der Waals surface area contributed by atoms with Crippen LogP contribution < -0.4 is 16.4 Å². The van der Waals surface area contributed by atoms with Crippen LogP contribution in [-0.2, 0) is 0 Å². The number of nitrogens with two attached hydrogens (primary N) is 1. The minimum absolute atomic E-state index is 0.239. The van der Waals surface area contributed by atoms with E-state index in [4.69, 9.17) is 18.0 Å². The normalized spacial score (nSPS) is 9.85. The Hall–Kier alpha value is -1.92. The lowest BCUT2D eigenvalue weighted by atomic mass is 10.2. The summed E-state index contributed by atoms with van der Waals surface area (Å²) in [6.45, 7) is 0. The summed E-state index contributed by atoms with van der Waals surface area (Å²) in [5.41, 5.74) is 7.56. The Labute approximate surface area is 130 Å². The van der Waals surface area contributed by atoms with Gasteiger partial charge in [-0.3, -0.25) is 10.1 Å². The summed E-state index contributed by atoms with van der Waals surface area (Å²) in [5.74, 6) is -0.259. The van der Waals surface area contributed by atoms with Crippen LogP contribution in [0.25, 0.3) is 0 Å². The third-order valence-electron chi connectivity index (χ3n) is 2.50. The van der Waals surface area contributed by atoms with Gasteiger partial charge in [-0.05, 0) is 60.7 Å². The molecule has 0 bridgehead atoms. The monoisotopic (exact) mass is 349 g/mol. The van der Waals surface area contributed by atoms with Crippen LogP contribution in [0, 0.1) is 0 Å². The first-order chi connectivity index (χ1) is 9.54. The first-order valence-electron chi connectivity index (χ1n) is 5.78. The van der Waals surface area contributed by atoms with Gasteiger partial charge in [0.1, 0.15) is 0 Å². The lowest BCUT2D eigenvalue weighted by Gasteiger charge is -2.09. The van der Waals surface area contributed by atoms with Crippen LogP contribution in [0.2, 0.25) is 0 Å². The van der Waals surface area contributed by atoms with Crippen molar-refractivity contribution in [3.63, 3.8) is 0 Å². The van der Waals surface area contributed by atoms with Crippen LogP contribution in [-0.4, -0.2) is 11.0 Å². The van der Waals surface area contributed by atoms with Crippen molar-refractivity contribution in [2.24, 2.45) is 0 Å². The zero-order valence-electron chi connectivity index (χ0n) is 10.4. The highest BCUT2D eigenvalue weighted by Gasteiger charge is 2.07. The van der Waals surface area contributed by atoms with Gasteiger partial charge >= 0.3 is 0 Å². The number of carbonyl (C=O) groups excluding carboxylic acids is 1. The van der Waals surface area contributed by atoms with Crippen molar-refractivity contribution >= 4 is 50.5 Å². The number of nitrogen functional groups attached to an aromatic ring is 1. The van der Waals surface area contributed by atoms with Gasteiger partial charge in [0.25, 0.3) is 5.91 Å². The molecule has 0 aliphatic carbocycles. The molecule has 6 heteroatoms. The average Bonchev–Trinajstić information content (AvgIpc) is 2.42. The first-order valence-corrected chi connectivity index (χ1v) is 6.98. The van der Waals surface area contributed by atoms with Gasteiger partial charge in [0.2, 0.25) is 0 Å². The van der Waals surface area contributed by atoms with Crippen molar-refractivity contribution < 1.29 is 4.79 Å². The molecular formula is C14H12BrN3OS. The molecule has 2 aromatic rings. The number of halogens is 1. The number of anilines is 2. The van der Waals surface area contributed by atoms with E-state index in [1.165, 1.54) is 0 Å². The van der Waals surface area contributed by atoms with Crippen LogP contribution >= 0.6 is 28.1 Å². The maximum absolute atomic E-state index is 11.9. The SMILES string of the molecule is Nc1ccc(NC(=S)NC(=O)c2ccc(Br)cc2)cc1. The van der Waals surface area contributed by atoms with Gasteiger partial charge in [0.15, 0.2) is 5.11 Å². The minimum atomic E-state index is -0.259. The van der Waals surface area contributed by atoms with E-state index in [1.807, 2.05) is 0 Å². The maximum Gasteiger partial charge on any atom is 0.257 e. The second-order valence-corrected chi connectivity index (χ2v) is 5.36. The molecule has 0 atom stereocenters. The van der Waals surface area contributed by atoms with Crippen LogP contribution in [0.3, 0.4) is 0 Å². The fourth-order valence-corrected chi connectivity index (χ4v) is 1.98. The smallest absolute Gasteiger partial charge is 0.257 e. The fraction of sp³-hybridized carbons (Fsp3) is 0. The molecule has 0 spiro atoms. The lowest BCUT2D eigenvalue weighted by Crippen LogP contribution is -2.34. The molecule has 2 aromatic carbocycles. The molecule has 4 N–H and O–H groups in total. The molecule has 0 radical (unpaired) electrons. The molecule has 0 aliphatic rings.